The second kappa shape index (κ2) is 7.73. The van der Waals surface area contributed by atoms with E-state index in [4.69, 9.17) is 9.97 Å². The number of fused-ring (bicyclic) bond motifs is 2. The number of aryl methyl sites for hydroxylation is 2. The summed E-state index contributed by atoms with van der Waals surface area (Å²) in [6, 6.07) is 11.9. The minimum Gasteiger partial charge on any atom is -0.267 e. The maximum Gasteiger partial charge on any atom is 0.169 e. The minimum absolute atomic E-state index is 0.478. The predicted molar refractivity (Wildman–Crippen MR) is 131 cm³/mol. The van der Waals surface area contributed by atoms with Gasteiger partial charge in [-0.1, -0.05) is 12.1 Å². The highest BCUT2D eigenvalue weighted by Gasteiger charge is 2.27. The SMILES string of the molecule is Cc1ncnc2c1ncn2-c1cccc(C(C)(C)c2cccc(-n3cnc4c(C)ncnc43)n2)n1. The third-order valence-electron chi connectivity index (χ3n) is 6.28. The Hall–Kier alpha value is -4.60. The number of hydrogen-bond donors (Lipinski definition) is 0. The molecule has 172 valence electrons. The Balaban J connectivity index is 1.42. The molecule has 0 aliphatic heterocycles. The van der Waals surface area contributed by atoms with Crippen molar-refractivity contribution in [2.24, 2.45) is 0 Å². The summed E-state index contributed by atoms with van der Waals surface area (Å²) in [5.41, 5.74) is 5.92. The maximum absolute atomic E-state index is 4.98. The molecule has 0 spiro atoms. The third-order valence-corrected chi connectivity index (χ3v) is 6.28. The first-order chi connectivity index (χ1) is 16.9. The highest BCUT2D eigenvalue weighted by Crippen LogP contribution is 2.30. The largest absolute Gasteiger partial charge is 0.267 e. The van der Waals surface area contributed by atoms with Crippen LogP contribution in [0.3, 0.4) is 0 Å². The average molecular weight is 463 g/mol. The first-order valence-corrected chi connectivity index (χ1v) is 11.2. The van der Waals surface area contributed by atoms with Crippen LogP contribution in [-0.2, 0) is 5.41 Å². The van der Waals surface area contributed by atoms with E-state index >= 15 is 0 Å². The third kappa shape index (κ3) is 3.33. The van der Waals surface area contributed by atoms with Crippen LogP contribution in [0.4, 0.5) is 0 Å². The van der Waals surface area contributed by atoms with Crippen LogP contribution in [0.1, 0.15) is 36.6 Å². The number of nitrogens with zero attached hydrogens (tertiary/aromatic N) is 10. The number of aromatic nitrogens is 10. The van der Waals surface area contributed by atoms with E-state index in [9.17, 15) is 0 Å². The van der Waals surface area contributed by atoms with E-state index in [1.165, 1.54) is 0 Å². The first-order valence-electron chi connectivity index (χ1n) is 11.2. The smallest absolute Gasteiger partial charge is 0.169 e. The number of hydrogen-bond acceptors (Lipinski definition) is 8. The van der Waals surface area contributed by atoms with Gasteiger partial charge >= 0.3 is 0 Å². The Kier molecular flexibility index (Phi) is 4.63. The van der Waals surface area contributed by atoms with E-state index < -0.39 is 5.41 Å². The molecule has 10 heteroatoms. The van der Waals surface area contributed by atoms with Crippen LogP contribution in [0.25, 0.3) is 34.0 Å². The van der Waals surface area contributed by atoms with Crippen molar-refractivity contribution < 1.29 is 0 Å². The van der Waals surface area contributed by atoms with E-state index in [1.807, 2.05) is 59.4 Å². The fourth-order valence-corrected chi connectivity index (χ4v) is 4.18. The van der Waals surface area contributed by atoms with Gasteiger partial charge < -0.3 is 0 Å². The van der Waals surface area contributed by atoms with Crippen molar-refractivity contribution >= 4 is 22.3 Å². The van der Waals surface area contributed by atoms with E-state index in [1.54, 1.807) is 25.3 Å². The summed E-state index contributed by atoms with van der Waals surface area (Å²) in [4.78, 5) is 36.2. The Morgan fingerprint density at radius 2 is 1.06 bits per heavy atom. The molecule has 0 amide bonds. The molecule has 0 atom stereocenters. The van der Waals surface area contributed by atoms with E-state index in [0.29, 0.717) is 0 Å². The van der Waals surface area contributed by atoms with Crippen LogP contribution in [0.15, 0.2) is 61.7 Å². The zero-order chi connectivity index (χ0) is 24.2. The molecule has 6 aromatic rings. The quantitative estimate of drug-likeness (QED) is 0.390. The summed E-state index contributed by atoms with van der Waals surface area (Å²) in [5.74, 6) is 1.47. The molecule has 0 aliphatic rings. The van der Waals surface area contributed by atoms with Crippen LogP contribution < -0.4 is 0 Å². The van der Waals surface area contributed by atoms with Crippen molar-refractivity contribution in [1.29, 1.82) is 0 Å². The molecule has 0 bridgehead atoms. The molecule has 6 heterocycles. The Morgan fingerprint density at radius 3 is 1.51 bits per heavy atom. The van der Waals surface area contributed by atoms with Gasteiger partial charge in [-0.15, -0.1) is 0 Å². The topological polar surface area (TPSA) is 113 Å². The molecule has 0 unspecified atom stereocenters. The number of pyridine rings is 2. The van der Waals surface area contributed by atoms with E-state index in [-0.39, 0.29) is 0 Å². The second-order valence-corrected chi connectivity index (χ2v) is 8.88. The molecular formula is C25H22N10. The molecule has 6 aromatic heterocycles. The van der Waals surface area contributed by atoms with Crippen LogP contribution in [-0.4, -0.2) is 49.0 Å². The van der Waals surface area contributed by atoms with E-state index in [2.05, 4.69) is 43.8 Å². The van der Waals surface area contributed by atoms with Gasteiger partial charge in [0.1, 0.15) is 48.0 Å². The average Bonchev–Trinajstić information content (AvgIpc) is 3.51. The van der Waals surface area contributed by atoms with Crippen LogP contribution >= 0.6 is 0 Å². The highest BCUT2D eigenvalue weighted by molar-refractivity contribution is 5.75. The second-order valence-electron chi connectivity index (χ2n) is 8.88. The zero-order valence-corrected chi connectivity index (χ0v) is 19.7. The number of rotatable bonds is 4. The van der Waals surface area contributed by atoms with Crippen molar-refractivity contribution in [1.82, 2.24) is 49.0 Å². The van der Waals surface area contributed by atoms with Crippen molar-refractivity contribution in [2.75, 3.05) is 0 Å². The Bertz CT molecular complexity index is 1590. The highest BCUT2D eigenvalue weighted by atomic mass is 15.2. The Morgan fingerprint density at radius 1 is 0.600 bits per heavy atom. The van der Waals surface area contributed by atoms with Gasteiger partial charge in [-0.2, -0.15) is 0 Å². The van der Waals surface area contributed by atoms with Gasteiger partial charge in [0.15, 0.2) is 11.3 Å². The fourth-order valence-electron chi connectivity index (χ4n) is 4.18. The van der Waals surface area contributed by atoms with Gasteiger partial charge in [0.05, 0.1) is 22.8 Å². The van der Waals surface area contributed by atoms with Crippen LogP contribution in [0, 0.1) is 13.8 Å². The monoisotopic (exact) mass is 462 g/mol. The lowest BCUT2D eigenvalue weighted by atomic mass is 9.84. The summed E-state index contributed by atoms with van der Waals surface area (Å²) < 4.78 is 3.76. The van der Waals surface area contributed by atoms with Crippen LogP contribution in [0.5, 0.6) is 0 Å². The van der Waals surface area contributed by atoms with Crippen LogP contribution in [0.2, 0.25) is 0 Å². The van der Waals surface area contributed by atoms with Gasteiger partial charge in [0, 0.05) is 5.41 Å². The lowest BCUT2D eigenvalue weighted by Crippen LogP contribution is -2.23. The molecule has 10 nitrogen and oxygen atoms in total. The molecular weight excluding hydrogens is 440 g/mol. The number of imidazole rings is 2. The van der Waals surface area contributed by atoms with Crippen molar-refractivity contribution in [2.45, 2.75) is 33.1 Å². The molecule has 0 N–H and O–H groups in total. The summed E-state index contributed by atoms with van der Waals surface area (Å²) in [6.07, 6.45) is 6.56. The molecule has 0 aromatic carbocycles. The van der Waals surface area contributed by atoms with Crippen molar-refractivity contribution in [3.05, 3.63) is 84.5 Å². The van der Waals surface area contributed by atoms with E-state index in [0.717, 1.165) is 56.7 Å². The van der Waals surface area contributed by atoms with Gasteiger partial charge in [-0.3, -0.25) is 9.13 Å². The summed E-state index contributed by atoms with van der Waals surface area (Å²) in [5, 5.41) is 0. The molecule has 35 heavy (non-hydrogen) atoms. The molecule has 6 rings (SSSR count). The van der Waals surface area contributed by atoms with Crippen molar-refractivity contribution in [3.8, 4) is 11.6 Å². The van der Waals surface area contributed by atoms with Crippen molar-refractivity contribution in [3.63, 3.8) is 0 Å². The zero-order valence-electron chi connectivity index (χ0n) is 19.7. The maximum atomic E-state index is 4.98. The summed E-state index contributed by atoms with van der Waals surface area (Å²) in [7, 11) is 0. The lowest BCUT2D eigenvalue weighted by molar-refractivity contribution is 0.591. The first kappa shape index (κ1) is 21.0. The molecule has 0 saturated carbocycles. The predicted octanol–water partition coefficient (Wildman–Crippen LogP) is 3.68. The van der Waals surface area contributed by atoms with Gasteiger partial charge in [0.2, 0.25) is 0 Å². The van der Waals surface area contributed by atoms with Gasteiger partial charge in [-0.25, -0.2) is 39.9 Å². The fraction of sp³-hybridized carbons (Fsp3) is 0.200. The molecule has 0 radical (unpaired) electrons. The van der Waals surface area contributed by atoms with Gasteiger partial charge in [0.25, 0.3) is 0 Å². The molecule has 0 aliphatic carbocycles. The molecule has 0 saturated heterocycles. The summed E-state index contributed by atoms with van der Waals surface area (Å²) >= 11 is 0. The lowest BCUT2D eigenvalue weighted by Gasteiger charge is -2.24. The summed E-state index contributed by atoms with van der Waals surface area (Å²) in [6.45, 7) is 8.07. The minimum atomic E-state index is -0.478. The normalized spacial score (nSPS) is 12.0. The standard InChI is InChI=1S/C25H22N10/c1-15-21-23(28-11-26-15)34(13-30-21)19-9-5-7-17(32-19)25(3,4)18-8-6-10-20(33-18)35-14-31-22-16(2)27-12-29-24(22)35/h5-14H,1-4H3. The Labute approximate surface area is 200 Å². The molecule has 0 fully saturated rings. The van der Waals surface area contributed by atoms with Gasteiger partial charge in [-0.05, 0) is 52.0 Å².